The molecule has 1 N–H and O–H groups in total. The van der Waals surface area contributed by atoms with Crippen molar-refractivity contribution in [3.8, 4) is 0 Å². The Morgan fingerprint density at radius 3 is 2.16 bits per heavy atom. The summed E-state index contributed by atoms with van der Waals surface area (Å²) in [5.41, 5.74) is 0.341. The van der Waals surface area contributed by atoms with E-state index in [1.807, 2.05) is 0 Å². The van der Waals surface area contributed by atoms with Crippen LogP contribution in [0.15, 0.2) is 26.5 Å². The number of carbonyl (C=O) groups excluding carboxylic acids is 1. The van der Waals surface area contributed by atoms with Gasteiger partial charge in [0.1, 0.15) is 5.56 Å². The lowest BCUT2D eigenvalue weighted by atomic mass is 9.96. The Balaban J connectivity index is 2.38. The number of rotatable bonds is 2. The molecule has 0 saturated heterocycles. The van der Waals surface area contributed by atoms with E-state index in [0.29, 0.717) is 22.2 Å². The Bertz CT molecular complexity index is 1220. The van der Waals surface area contributed by atoms with Crippen LogP contribution in [0.5, 0.6) is 0 Å². The number of nitrogens with one attached hydrogen (secondary N) is 1. The van der Waals surface area contributed by atoms with Crippen LogP contribution in [0, 0.1) is 13.8 Å². The molecule has 0 spiro atoms. The fourth-order valence-corrected chi connectivity index (χ4v) is 3.16. The Kier molecular flexibility index (Phi) is 3.63. The molecule has 0 amide bonds. The molecule has 8 heteroatoms. The number of hydrogen-bond donors (Lipinski definition) is 1. The zero-order chi connectivity index (χ0) is 18.6. The second-order valence-corrected chi connectivity index (χ2v) is 6.14. The van der Waals surface area contributed by atoms with Gasteiger partial charge in [0.15, 0.2) is 0 Å². The predicted molar refractivity (Wildman–Crippen MR) is 93.4 cm³/mol. The number of ketones is 1. The van der Waals surface area contributed by atoms with E-state index in [-0.39, 0.29) is 11.1 Å². The maximum Gasteiger partial charge on any atom is 0.330 e. The lowest BCUT2D eigenvalue weighted by Crippen LogP contribution is -2.37. The summed E-state index contributed by atoms with van der Waals surface area (Å²) < 4.78 is 3.60. The summed E-state index contributed by atoms with van der Waals surface area (Å²) in [4.78, 5) is 49.7. The van der Waals surface area contributed by atoms with Gasteiger partial charge in [-0.25, -0.2) is 4.79 Å². The van der Waals surface area contributed by atoms with Crippen molar-refractivity contribution in [3.05, 3.63) is 65.7 Å². The predicted octanol–water partition coefficient (Wildman–Crippen LogP) is 0.112. The third-order valence-corrected chi connectivity index (χ3v) is 4.60. The highest BCUT2D eigenvalue weighted by Crippen LogP contribution is 2.20. The van der Waals surface area contributed by atoms with Crippen LogP contribution in [0.4, 0.5) is 0 Å². The molecule has 2 aromatic heterocycles. The van der Waals surface area contributed by atoms with E-state index in [1.165, 1.54) is 23.3 Å². The van der Waals surface area contributed by atoms with Crippen LogP contribution in [-0.2, 0) is 21.1 Å². The van der Waals surface area contributed by atoms with Gasteiger partial charge in [0.25, 0.3) is 11.1 Å². The van der Waals surface area contributed by atoms with Crippen molar-refractivity contribution in [2.24, 2.45) is 21.1 Å². The number of nitrogens with zero attached hydrogens (tertiary/aromatic N) is 3. The number of H-pyrrole nitrogens is 1. The summed E-state index contributed by atoms with van der Waals surface area (Å²) in [6.07, 6.45) is 0. The molecule has 0 fully saturated rings. The Morgan fingerprint density at radius 2 is 1.60 bits per heavy atom. The zero-order valence-corrected chi connectivity index (χ0v) is 14.6. The van der Waals surface area contributed by atoms with E-state index in [4.69, 9.17) is 0 Å². The molecule has 3 aromatic rings. The molecule has 2 heterocycles. The molecule has 0 atom stereocenters. The first kappa shape index (κ1) is 16.7. The lowest BCUT2D eigenvalue weighted by molar-refractivity contribution is 0.103. The Morgan fingerprint density at radius 1 is 0.960 bits per heavy atom. The van der Waals surface area contributed by atoms with Crippen molar-refractivity contribution < 1.29 is 4.79 Å². The van der Waals surface area contributed by atoms with Gasteiger partial charge in [0, 0.05) is 32.4 Å². The molecule has 130 valence electrons. The monoisotopic (exact) mass is 342 g/mol. The fraction of sp³-hybridized carbons (Fsp3) is 0.294. The van der Waals surface area contributed by atoms with Gasteiger partial charge < -0.3 is 0 Å². The molecule has 0 saturated carbocycles. The van der Waals surface area contributed by atoms with E-state index in [1.54, 1.807) is 33.0 Å². The largest absolute Gasteiger partial charge is 0.330 e. The van der Waals surface area contributed by atoms with Crippen LogP contribution in [-0.4, -0.2) is 24.7 Å². The maximum absolute atomic E-state index is 12.9. The minimum Gasteiger partial charge on any atom is -0.299 e. The summed E-state index contributed by atoms with van der Waals surface area (Å²) in [5, 5.41) is 3.08. The molecule has 0 radical (unpaired) electrons. The second kappa shape index (κ2) is 5.44. The molecule has 3 rings (SSSR count). The van der Waals surface area contributed by atoms with Crippen molar-refractivity contribution in [1.82, 2.24) is 18.9 Å². The quantitative estimate of drug-likeness (QED) is 0.668. The van der Waals surface area contributed by atoms with Crippen molar-refractivity contribution in [1.29, 1.82) is 0 Å². The highest BCUT2D eigenvalue weighted by molar-refractivity contribution is 6.12. The van der Waals surface area contributed by atoms with Gasteiger partial charge in [-0.1, -0.05) is 0 Å². The van der Waals surface area contributed by atoms with Crippen LogP contribution in [0.3, 0.4) is 0 Å². The van der Waals surface area contributed by atoms with Crippen LogP contribution in [0.1, 0.15) is 27.2 Å². The lowest BCUT2D eigenvalue weighted by Gasteiger charge is -2.12. The van der Waals surface area contributed by atoms with Crippen molar-refractivity contribution in [2.45, 2.75) is 13.8 Å². The fourth-order valence-electron chi connectivity index (χ4n) is 3.16. The number of aryl methyl sites for hydroxylation is 4. The van der Waals surface area contributed by atoms with E-state index < -0.39 is 22.6 Å². The topological polar surface area (TPSA) is 98.9 Å². The summed E-state index contributed by atoms with van der Waals surface area (Å²) in [5.74, 6) is -0.449. The number of hydrogen-bond acceptors (Lipinski definition) is 4. The third-order valence-electron chi connectivity index (χ3n) is 4.60. The summed E-state index contributed by atoms with van der Waals surface area (Å²) >= 11 is 0. The number of aromatic amines is 1. The first-order valence-corrected chi connectivity index (χ1v) is 7.66. The van der Waals surface area contributed by atoms with E-state index in [9.17, 15) is 19.2 Å². The highest BCUT2D eigenvalue weighted by Gasteiger charge is 2.23. The smallest absolute Gasteiger partial charge is 0.299 e. The van der Waals surface area contributed by atoms with Crippen LogP contribution >= 0.6 is 0 Å². The Hall–Kier alpha value is -3.16. The summed E-state index contributed by atoms with van der Waals surface area (Å²) in [6, 6.07) is 3.11. The molecule has 0 aliphatic rings. The van der Waals surface area contributed by atoms with Crippen LogP contribution < -0.4 is 16.8 Å². The first-order valence-electron chi connectivity index (χ1n) is 7.66. The molecule has 25 heavy (non-hydrogen) atoms. The van der Waals surface area contributed by atoms with E-state index >= 15 is 0 Å². The standard InChI is InChI=1S/C17H18N4O4/c1-8-10(14(22)13-9(2)18-21(5)16(13)24)6-7-11-12(8)15(23)20(4)17(25)19(11)3/h6-7,18H,1-5H3. The average Bonchev–Trinajstić information content (AvgIpc) is 2.82. The van der Waals surface area contributed by atoms with Crippen molar-refractivity contribution >= 4 is 16.7 Å². The van der Waals surface area contributed by atoms with Gasteiger partial charge in [-0.3, -0.25) is 33.3 Å². The van der Waals surface area contributed by atoms with Crippen LogP contribution in [0.25, 0.3) is 10.9 Å². The number of carbonyl (C=O) groups is 1. The number of benzene rings is 1. The molecule has 0 aliphatic carbocycles. The molecule has 0 unspecified atom stereocenters. The number of fused-ring (bicyclic) bond motifs is 1. The summed E-state index contributed by atoms with van der Waals surface area (Å²) in [6.45, 7) is 3.29. The molecule has 8 nitrogen and oxygen atoms in total. The maximum atomic E-state index is 12.9. The van der Waals surface area contributed by atoms with E-state index in [0.717, 1.165) is 4.57 Å². The zero-order valence-electron chi connectivity index (χ0n) is 14.6. The van der Waals surface area contributed by atoms with Gasteiger partial charge in [-0.15, -0.1) is 0 Å². The Labute approximate surface area is 141 Å². The van der Waals surface area contributed by atoms with Crippen LogP contribution in [0.2, 0.25) is 0 Å². The van der Waals surface area contributed by atoms with Gasteiger partial charge >= 0.3 is 5.69 Å². The normalized spacial score (nSPS) is 11.2. The third kappa shape index (κ3) is 2.21. The number of aromatic nitrogens is 4. The minimum atomic E-state index is -0.469. The van der Waals surface area contributed by atoms with Gasteiger partial charge in [0.2, 0.25) is 5.78 Å². The van der Waals surface area contributed by atoms with Gasteiger partial charge in [-0.2, -0.15) is 0 Å². The van der Waals surface area contributed by atoms with Gasteiger partial charge in [0.05, 0.1) is 10.9 Å². The molecule has 1 aromatic carbocycles. The molecule has 0 aliphatic heterocycles. The van der Waals surface area contributed by atoms with Crippen molar-refractivity contribution in [3.63, 3.8) is 0 Å². The second-order valence-electron chi connectivity index (χ2n) is 6.14. The molecule has 0 bridgehead atoms. The summed E-state index contributed by atoms with van der Waals surface area (Å²) in [7, 11) is 4.49. The highest BCUT2D eigenvalue weighted by atomic mass is 16.2. The molecular formula is C17H18N4O4. The minimum absolute atomic E-state index is 0.0478. The molecular weight excluding hydrogens is 324 g/mol. The van der Waals surface area contributed by atoms with E-state index in [2.05, 4.69) is 5.10 Å². The first-order chi connectivity index (χ1) is 11.7. The average molecular weight is 342 g/mol. The SMILES string of the molecule is Cc1[nH]n(C)c(=O)c1C(=O)c1ccc2c(c1C)c(=O)n(C)c(=O)n2C. The van der Waals surface area contributed by atoms with Crippen molar-refractivity contribution in [2.75, 3.05) is 0 Å². The van der Waals surface area contributed by atoms with Gasteiger partial charge in [-0.05, 0) is 31.5 Å².